The zero-order chi connectivity index (χ0) is 41.7. The SMILES string of the molecule is c1ccc(-c2ccc(-c3nc(-c4ccc(-c5ccccc5)cc4)nc(-c4cccc(-c5cccc6c5nc(-c5cccc7ccccc57)c5c7ccccc7sc65)c4)n3)cc2)cc1. The predicted molar refractivity (Wildman–Crippen MR) is 264 cm³/mol. The molecule has 9 aromatic carbocycles. The van der Waals surface area contributed by atoms with Gasteiger partial charge in [0, 0.05) is 53.4 Å². The second-order valence-electron chi connectivity index (χ2n) is 15.8. The van der Waals surface area contributed by atoms with Gasteiger partial charge in [-0.3, -0.25) is 0 Å². The molecule has 63 heavy (non-hydrogen) atoms. The number of thiophene rings is 1. The molecule has 0 aliphatic rings. The normalized spacial score (nSPS) is 11.5. The van der Waals surface area contributed by atoms with E-state index in [1.165, 1.54) is 30.9 Å². The van der Waals surface area contributed by atoms with Crippen molar-refractivity contribution < 1.29 is 0 Å². The van der Waals surface area contributed by atoms with Crippen LogP contribution in [-0.4, -0.2) is 19.9 Å². The minimum absolute atomic E-state index is 0.604. The third kappa shape index (κ3) is 6.63. The Kier molecular flexibility index (Phi) is 8.98. The van der Waals surface area contributed by atoms with Crippen LogP contribution in [-0.2, 0) is 0 Å². The highest BCUT2D eigenvalue weighted by atomic mass is 32.1. The lowest BCUT2D eigenvalue weighted by molar-refractivity contribution is 1.07. The number of nitrogens with zero attached hydrogens (tertiary/aromatic N) is 4. The Morgan fingerprint density at radius 1 is 0.302 bits per heavy atom. The summed E-state index contributed by atoms with van der Waals surface area (Å²) in [6.45, 7) is 0. The molecule has 294 valence electrons. The summed E-state index contributed by atoms with van der Waals surface area (Å²) in [4.78, 5) is 21.1. The highest BCUT2D eigenvalue weighted by molar-refractivity contribution is 7.26. The van der Waals surface area contributed by atoms with E-state index in [-0.39, 0.29) is 0 Å². The number of para-hydroxylation sites is 1. The zero-order valence-electron chi connectivity index (χ0n) is 34.0. The molecule has 0 atom stereocenters. The molecule has 0 N–H and O–H groups in total. The number of hydrogen-bond donors (Lipinski definition) is 0. The standard InChI is InChI=1S/C58H36N4S/c1-3-14-37(15-4-1)39-28-32-42(33-29-39)56-60-57(43-34-30-40(31-35-43)38-16-5-2-6-17-38)62-58(61-56)45-21-11-20-44(36-45)47-24-13-26-50-53(47)59-54(48-25-12-19-41-18-7-8-22-46(41)48)52-49-23-9-10-27-51(49)63-55(50)52/h1-36H. The van der Waals surface area contributed by atoms with Crippen molar-refractivity contribution >= 4 is 53.2 Å². The summed E-state index contributed by atoms with van der Waals surface area (Å²) < 4.78 is 2.49. The molecule has 4 nitrogen and oxygen atoms in total. The van der Waals surface area contributed by atoms with Crippen molar-refractivity contribution in [1.82, 2.24) is 19.9 Å². The average Bonchev–Trinajstić information content (AvgIpc) is 3.77. The maximum atomic E-state index is 5.66. The van der Waals surface area contributed by atoms with Crippen LogP contribution in [0.4, 0.5) is 0 Å². The fourth-order valence-electron chi connectivity index (χ4n) is 8.82. The lowest BCUT2D eigenvalue weighted by Crippen LogP contribution is -2.00. The van der Waals surface area contributed by atoms with Gasteiger partial charge in [-0.15, -0.1) is 11.3 Å². The molecular formula is C58H36N4S. The molecule has 5 heteroatoms. The quantitative estimate of drug-likeness (QED) is 0.161. The molecule has 3 heterocycles. The third-order valence-corrected chi connectivity index (χ3v) is 13.2. The number of fused-ring (bicyclic) bond motifs is 6. The van der Waals surface area contributed by atoms with Gasteiger partial charge in [-0.1, -0.05) is 206 Å². The van der Waals surface area contributed by atoms with Gasteiger partial charge in [-0.25, -0.2) is 19.9 Å². The monoisotopic (exact) mass is 820 g/mol. The van der Waals surface area contributed by atoms with Gasteiger partial charge in [0.2, 0.25) is 0 Å². The first-order valence-electron chi connectivity index (χ1n) is 21.1. The Labute approximate surface area is 368 Å². The van der Waals surface area contributed by atoms with E-state index in [4.69, 9.17) is 19.9 Å². The Hall–Kier alpha value is -8.12. The lowest BCUT2D eigenvalue weighted by Gasteiger charge is -2.14. The number of benzene rings is 9. The molecule has 0 saturated carbocycles. The molecule has 12 rings (SSSR count). The summed E-state index contributed by atoms with van der Waals surface area (Å²) in [5, 5.41) is 5.95. The number of hydrogen-bond acceptors (Lipinski definition) is 5. The van der Waals surface area contributed by atoms with Gasteiger partial charge in [0.15, 0.2) is 17.5 Å². The van der Waals surface area contributed by atoms with Gasteiger partial charge in [0.25, 0.3) is 0 Å². The molecule has 0 amide bonds. The Morgan fingerprint density at radius 2 is 0.762 bits per heavy atom. The highest BCUT2D eigenvalue weighted by Crippen LogP contribution is 2.46. The van der Waals surface area contributed by atoms with Gasteiger partial charge < -0.3 is 0 Å². The fraction of sp³-hybridized carbons (Fsp3) is 0. The Balaban J connectivity index is 1.02. The summed E-state index contributed by atoms with van der Waals surface area (Å²) in [5.41, 5.74) is 12.5. The minimum Gasteiger partial charge on any atom is -0.246 e. The van der Waals surface area contributed by atoms with Crippen molar-refractivity contribution in [3.8, 4) is 78.8 Å². The van der Waals surface area contributed by atoms with Gasteiger partial charge in [0.1, 0.15) is 0 Å². The Bertz CT molecular complexity index is 3550. The molecule has 0 saturated heterocycles. The van der Waals surface area contributed by atoms with E-state index < -0.39 is 0 Å². The van der Waals surface area contributed by atoms with Crippen molar-refractivity contribution in [1.29, 1.82) is 0 Å². The van der Waals surface area contributed by atoms with Crippen LogP contribution in [0.15, 0.2) is 218 Å². The molecule has 0 fully saturated rings. The number of aromatic nitrogens is 4. The van der Waals surface area contributed by atoms with Crippen LogP contribution >= 0.6 is 11.3 Å². The molecule has 0 unspecified atom stereocenters. The molecule has 3 aromatic heterocycles. The first-order chi connectivity index (χ1) is 31.2. The van der Waals surface area contributed by atoms with E-state index in [0.717, 1.165) is 72.2 Å². The van der Waals surface area contributed by atoms with Crippen LogP contribution in [0, 0.1) is 0 Å². The van der Waals surface area contributed by atoms with Crippen LogP contribution in [0.2, 0.25) is 0 Å². The van der Waals surface area contributed by atoms with Crippen LogP contribution < -0.4 is 0 Å². The second kappa shape index (κ2) is 15.4. The van der Waals surface area contributed by atoms with Crippen LogP contribution in [0.1, 0.15) is 0 Å². The van der Waals surface area contributed by atoms with E-state index in [0.29, 0.717) is 17.5 Å². The van der Waals surface area contributed by atoms with Gasteiger partial charge in [-0.05, 0) is 50.7 Å². The molecule has 0 aliphatic heterocycles. The van der Waals surface area contributed by atoms with Gasteiger partial charge in [-0.2, -0.15) is 0 Å². The topological polar surface area (TPSA) is 51.6 Å². The van der Waals surface area contributed by atoms with Crippen molar-refractivity contribution in [2.24, 2.45) is 0 Å². The summed E-state index contributed by atoms with van der Waals surface area (Å²) >= 11 is 1.84. The summed E-state index contributed by atoms with van der Waals surface area (Å²) in [7, 11) is 0. The fourth-order valence-corrected chi connectivity index (χ4v) is 10.0. The second-order valence-corrected chi connectivity index (χ2v) is 16.8. The van der Waals surface area contributed by atoms with Crippen LogP contribution in [0.5, 0.6) is 0 Å². The number of rotatable bonds is 7. The van der Waals surface area contributed by atoms with Crippen molar-refractivity contribution in [3.05, 3.63) is 218 Å². The summed E-state index contributed by atoms with van der Waals surface area (Å²) in [6.07, 6.45) is 0. The smallest absolute Gasteiger partial charge is 0.164 e. The first-order valence-corrected chi connectivity index (χ1v) is 21.9. The third-order valence-electron chi connectivity index (χ3n) is 11.9. The van der Waals surface area contributed by atoms with Crippen molar-refractivity contribution in [3.63, 3.8) is 0 Å². The summed E-state index contributed by atoms with van der Waals surface area (Å²) in [6, 6.07) is 76.7. The molecule has 0 radical (unpaired) electrons. The van der Waals surface area contributed by atoms with Gasteiger partial charge in [0.05, 0.1) is 11.2 Å². The largest absolute Gasteiger partial charge is 0.246 e. The maximum Gasteiger partial charge on any atom is 0.164 e. The van der Waals surface area contributed by atoms with Crippen molar-refractivity contribution in [2.45, 2.75) is 0 Å². The molecule has 0 aliphatic carbocycles. The van der Waals surface area contributed by atoms with E-state index in [1.807, 2.05) is 23.5 Å². The van der Waals surface area contributed by atoms with E-state index in [1.54, 1.807) is 0 Å². The predicted octanol–water partition coefficient (Wildman–Crippen LogP) is 15.6. The maximum absolute atomic E-state index is 5.66. The first kappa shape index (κ1) is 36.7. The highest BCUT2D eigenvalue weighted by Gasteiger charge is 2.20. The van der Waals surface area contributed by atoms with Crippen molar-refractivity contribution in [2.75, 3.05) is 0 Å². The molecule has 0 spiro atoms. The molecule has 0 bridgehead atoms. The summed E-state index contributed by atoms with van der Waals surface area (Å²) in [5.74, 6) is 1.84. The minimum atomic E-state index is 0.604. The number of pyridine rings is 1. The molecule has 12 aromatic rings. The van der Waals surface area contributed by atoms with E-state index in [9.17, 15) is 0 Å². The van der Waals surface area contributed by atoms with Crippen LogP contribution in [0.3, 0.4) is 0 Å². The zero-order valence-corrected chi connectivity index (χ0v) is 34.8. The van der Waals surface area contributed by atoms with Gasteiger partial charge >= 0.3 is 0 Å². The average molecular weight is 821 g/mol. The van der Waals surface area contributed by atoms with E-state index >= 15 is 0 Å². The molecular weight excluding hydrogens is 785 g/mol. The van der Waals surface area contributed by atoms with E-state index in [2.05, 4.69) is 206 Å². The lowest BCUT2D eigenvalue weighted by atomic mass is 9.95. The van der Waals surface area contributed by atoms with Crippen LogP contribution in [0.25, 0.3) is 121 Å². The Morgan fingerprint density at radius 3 is 1.44 bits per heavy atom.